The van der Waals surface area contributed by atoms with Gasteiger partial charge in [-0.15, -0.1) is 0 Å². The number of amides is 3. The predicted molar refractivity (Wildman–Crippen MR) is 119 cm³/mol. The van der Waals surface area contributed by atoms with Gasteiger partial charge in [0.15, 0.2) is 0 Å². The van der Waals surface area contributed by atoms with E-state index in [1.807, 2.05) is 9.80 Å². The molecule has 12 nitrogen and oxygen atoms in total. The molecule has 0 unspecified atom stereocenters. The van der Waals surface area contributed by atoms with Gasteiger partial charge in [-0.05, 0) is 26.3 Å². The van der Waals surface area contributed by atoms with Crippen molar-refractivity contribution in [1.82, 2.24) is 30.2 Å². The number of rotatable bonds is 11. The summed E-state index contributed by atoms with van der Waals surface area (Å²) in [6.45, 7) is 8.78. The van der Waals surface area contributed by atoms with E-state index in [4.69, 9.17) is 10.5 Å². The fourth-order valence-electron chi connectivity index (χ4n) is 3.62. The molecule has 3 amide bonds. The third-order valence-electron chi connectivity index (χ3n) is 5.20. The molecule has 0 aromatic rings. The van der Waals surface area contributed by atoms with Crippen LogP contribution in [0.2, 0.25) is 0 Å². The Morgan fingerprint density at radius 3 is 1.66 bits per heavy atom. The zero-order valence-electron chi connectivity index (χ0n) is 19.2. The van der Waals surface area contributed by atoms with Gasteiger partial charge >= 0.3 is 5.97 Å². The van der Waals surface area contributed by atoms with Crippen molar-refractivity contribution >= 4 is 24.7 Å². The van der Waals surface area contributed by atoms with Gasteiger partial charge < -0.3 is 21.1 Å². The molecule has 0 aromatic carbocycles. The highest BCUT2D eigenvalue weighted by atomic mass is 16.5. The van der Waals surface area contributed by atoms with Gasteiger partial charge in [-0.2, -0.15) is 0 Å². The maximum Gasteiger partial charge on any atom is 0.320 e. The Hall–Kier alpha value is -2.28. The Kier molecular flexibility index (Phi) is 15.0. The molecule has 1 aliphatic heterocycles. The first-order valence-corrected chi connectivity index (χ1v) is 11.2. The monoisotopic (exact) mass is 457 g/mol. The van der Waals surface area contributed by atoms with Crippen molar-refractivity contribution in [2.45, 2.75) is 19.8 Å². The molecule has 1 aliphatic rings. The minimum absolute atomic E-state index is 0.158. The van der Waals surface area contributed by atoms with E-state index in [1.54, 1.807) is 6.92 Å². The van der Waals surface area contributed by atoms with E-state index < -0.39 is 0 Å². The Balaban J connectivity index is 2.85. The summed E-state index contributed by atoms with van der Waals surface area (Å²) >= 11 is 0. The third-order valence-corrected chi connectivity index (χ3v) is 5.20. The topological polar surface area (TPSA) is 141 Å². The van der Waals surface area contributed by atoms with Crippen LogP contribution in [0.3, 0.4) is 0 Å². The molecule has 0 saturated carbocycles. The standard InChI is InChI=1S/C20H39N7O5/c1-2-32-20(31)14-25-6-4-8-27(16-23-18-29)12-11-26(15-22-17-28)7-3-5-24(9-10-25)13-19(21)30/h17-18H,2-16H2,1H3,(H2,21,30)(H,22,28)(H,23,29). The second-order valence-electron chi connectivity index (χ2n) is 7.73. The van der Waals surface area contributed by atoms with Crippen LogP contribution >= 0.6 is 0 Å². The fraction of sp³-hybridized carbons (Fsp3) is 0.800. The van der Waals surface area contributed by atoms with E-state index in [2.05, 4.69) is 20.4 Å². The molecular weight excluding hydrogens is 418 g/mol. The smallest absolute Gasteiger partial charge is 0.320 e. The van der Waals surface area contributed by atoms with Gasteiger partial charge in [-0.1, -0.05) is 0 Å². The largest absolute Gasteiger partial charge is 0.465 e. The summed E-state index contributed by atoms with van der Waals surface area (Å²) in [5, 5.41) is 5.42. The SMILES string of the molecule is CCOC(=O)CN1CCCN(CNC=O)CCN(CNC=O)CCCN(CC(N)=O)CC1. The van der Waals surface area contributed by atoms with Gasteiger partial charge in [0.1, 0.15) is 0 Å². The van der Waals surface area contributed by atoms with E-state index in [0.29, 0.717) is 72.0 Å². The molecule has 0 radical (unpaired) electrons. The predicted octanol–water partition coefficient (Wildman–Crippen LogP) is -2.56. The zero-order chi connectivity index (χ0) is 23.6. The van der Waals surface area contributed by atoms with Crippen LogP contribution in [0, 0.1) is 0 Å². The van der Waals surface area contributed by atoms with Crippen LogP contribution in [0.4, 0.5) is 0 Å². The van der Waals surface area contributed by atoms with Gasteiger partial charge in [0, 0.05) is 45.8 Å². The van der Waals surface area contributed by atoms with Crippen molar-refractivity contribution < 1.29 is 23.9 Å². The lowest BCUT2D eigenvalue weighted by Crippen LogP contribution is -2.46. The minimum Gasteiger partial charge on any atom is -0.465 e. The van der Waals surface area contributed by atoms with E-state index in [0.717, 1.165) is 25.9 Å². The molecule has 12 heteroatoms. The molecule has 4 N–H and O–H groups in total. The first kappa shape index (κ1) is 27.8. The second-order valence-corrected chi connectivity index (χ2v) is 7.73. The van der Waals surface area contributed by atoms with Crippen molar-refractivity contribution in [3.8, 4) is 0 Å². The summed E-state index contributed by atoms with van der Waals surface area (Å²) in [5.41, 5.74) is 5.42. The lowest BCUT2D eigenvalue weighted by Gasteiger charge is -2.31. The number of nitrogens with one attached hydrogen (secondary N) is 2. The molecule has 32 heavy (non-hydrogen) atoms. The van der Waals surface area contributed by atoms with Gasteiger partial charge in [-0.3, -0.25) is 38.8 Å². The quantitative estimate of drug-likeness (QED) is 0.226. The zero-order valence-corrected chi connectivity index (χ0v) is 19.2. The number of hydrogen-bond acceptors (Lipinski definition) is 9. The molecular formula is C20H39N7O5. The van der Waals surface area contributed by atoms with Crippen LogP contribution in [0.25, 0.3) is 0 Å². The molecule has 0 spiro atoms. The third kappa shape index (κ3) is 13.2. The molecule has 0 aromatic heterocycles. The Morgan fingerprint density at radius 2 is 1.22 bits per heavy atom. The summed E-state index contributed by atoms with van der Waals surface area (Å²) in [4.78, 5) is 53.3. The fourth-order valence-corrected chi connectivity index (χ4v) is 3.62. The molecule has 0 aliphatic carbocycles. The molecule has 1 rings (SSSR count). The number of nitrogens with zero attached hydrogens (tertiary/aromatic N) is 4. The highest BCUT2D eigenvalue weighted by Crippen LogP contribution is 2.02. The van der Waals surface area contributed by atoms with Crippen LogP contribution in [0.1, 0.15) is 19.8 Å². The number of nitrogens with two attached hydrogens (primary N) is 1. The Bertz CT molecular complexity index is 566. The average molecular weight is 458 g/mol. The summed E-state index contributed by atoms with van der Waals surface area (Å²) in [6.07, 6.45) is 2.94. The van der Waals surface area contributed by atoms with Gasteiger partial charge in [-0.25, -0.2) is 0 Å². The van der Waals surface area contributed by atoms with Crippen LogP contribution in [0.5, 0.6) is 0 Å². The number of ether oxygens (including phenoxy) is 1. The number of primary amides is 1. The average Bonchev–Trinajstić information content (AvgIpc) is 2.75. The van der Waals surface area contributed by atoms with Gasteiger partial charge in [0.2, 0.25) is 18.7 Å². The number of carbonyl (C=O) groups excluding carboxylic acids is 4. The van der Waals surface area contributed by atoms with E-state index in [-0.39, 0.29) is 25.0 Å². The number of carbonyl (C=O) groups is 4. The summed E-state index contributed by atoms with van der Waals surface area (Å²) in [7, 11) is 0. The van der Waals surface area contributed by atoms with Gasteiger partial charge in [0.05, 0.1) is 33.0 Å². The van der Waals surface area contributed by atoms with E-state index in [1.165, 1.54) is 0 Å². The van der Waals surface area contributed by atoms with Crippen molar-refractivity contribution in [2.24, 2.45) is 5.73 Å². The Morgan fingerprint density at radius 1 is 0.781 bits per heavy atom. The summed E-state index contributed by atoms with van der Waals surface area (Å²) < 4.78 is 5.10. The maximum atomic E-state index is 12.0. The lowest BCUT2D eigenvalue weighted by atomic mass is 10.3. The number of hydrogen-bond donors (Lipinski definition) is 3. The molecule has 0 atom stereocenters. The summed E-state index contributed by atoms with van der Waals surface area (Å²) in [5.74, 6) is -0.659. The van der Waals surface area contributed by atoms with Crippen molar-refractivity contribution in [1.29, 1.82) is 0 Å². The van der Waals surface area contributed by atoms with E-state index in [9.17, 15) is 19.2 Å². The van der Waals surface area contributed by atoms with Crippen molar-refractivity contribution in [2.75, 3.05) is 85.4 Å². The molecule has 1 fully saturated rings. The van der Waals surface area contributed by atoms with E-state index >= 15 is 0 Å². The van der Waals surface area contributed by atoms with Crippen LogP contribution < -0.4 is 16.4 Å². The Labute approximate surface area is 190 Å². The maximum absolute atomic E-state index is 12.0. The lowest BCUT2D eigenvalue weighted by molar-refractivity contribution is -0.144. The minimum atomic E-state index is -0.388. The van der Waals surface area contributed by atoms with Crippen molar-refractivity contribution in [3.05, 3.63) is 0 Å². The van der Waals surface area contributed by atoms with Crippen LogP contribution in [-0.4, -0.2) is 130 Å². The highest BCUT2D eigenvalue weighted by Gasteiger charge is 2.17. The molecule has 0 bridgehead atoms. The number of esters is 1. The molecule has 1 saturated heterocycles. The molecule has 1 heterocycles. The summed E-state index contributed by atoms with van der Waals surface area (Å²) in [6, 6.07) is 0. The van der Waals surface area contributed by atoms with Crippen molar-refractivity contribution in [3.63, 3.8) is 0 Å². The molecule has 184 valence electrons. The first-order valence-electron chi connectivity index (χ1n) is 11.2. The van der Waals surface area contributed by atoms with Crippen LogP contribution in [-0.2, 0) is 23.9 Å². The second kappa shape index (κ2) is 17.3. The van der Waals surface area contributed by atoms with Gasteiger partial charge in [0.25, 0.3) is 0 Å². The first-order chi connectivity index (χ1) is 15.5. The highest BCUT2D eigenvalue weighted by molar-refractivity contribution is 5.75. The van der Waals surface area contributed by atoms with Crippen LogP contribution in [0.15, 0.2) is 0 Å². The normalized spacial score (nSPS) is 18.9.